The van der Waals surface area contributed by atoms with Crippen molar-refractivity contribution in [2.45, 2.75) is 12.8 Å². The van der Waals surface area contributed by atoms with Gasteiger partial charge in [-0.2, -0.15) is 0 Å². The van der Waals surface area contributed by atoms with E-state index in [1.165, 1.54) is 7.11 Å². The number of methoxy groups -OCH3 is 1. The number of esters is 1. The van der Waals surface area contributed by atoms with E-state index >= 15 is 0 Å². The Kier molecular flexibility index (Phi) is 4.47. The molecule has 0 amide bonds. The SMILES string of the molecule is COC(=O)CCc1ccc(Oc2nccc3cnccc23)cc1. The van der Waals surface area contributed by atoms with Crippen LogP contribution in [0.4, 0.5) is 0 Å². The second kappa shape index (κ2) is 6.87. The van der Waals surface area contributed by atoms with E-state index in [0.717, 1.165) is 16.3 Å². The lowest BCUT2D eigenvalue weighted by atomic mass is 10.1. The number of hydrogen-bond acceptors (Lipinski definition) is 5. The second-order valence-corrected chi connectivity index (χ2v) is 5.04. The first-order chi connectivity index (χ1) is 11.3. The zero-order chi connectivity index (χ0) is 16.1. The van der Waals surface area contributed by atoms with Gasteiger partial charge in [-0.1, -0.05) is 12.1 Å². The zero-order valence-electron chi connectivity index (χ0n) is 12.7. The molecule has 2 aromatic heterocycles. The molecule has 23 heavy (non-hydrogen) atoms. The number of carbonyl (C=O) groups excluding carboxylic acids is 1. The Morgan fingerprint density at radius 2 is 1.91 bits per heavy atom. The molecular formula is C18H16N2O3. The minimum absolute atomic E-state index is 0.209. The van der Waals surface area contributed by atoms with Crippen molar-refractivity contribution in [2.75, 3.05) is 7.11 Å². The fourth-order valence-electron chi connectivity index (χ4n) is 2.25. The number of pyridine rings is 2. The van der Waals surface area contributed by atoms with E-state index in [0.29, 0.717) is 24.5 Å². The first-order valence-electron chi connectivity index (χ1n) is 7.28. The molecule has 5 heteroatoms. The summed E-state index contributed by atoms with van der Waals surface area (Å²) in [5, 5.41) is 1.89. The Morgan fingerprint density at radius 1 is 1.09 bits per heavy atom. The number of aryl methyl sites for hydroxylation is 1. The van der Waals surface area contributed by atoms with Gasteiger partial charge in [-0.05, 0) is 36.2 Å². The number of hydrogen-bond donors (Lipinski definition) is 0. The zero-order valence-corrected chi connectivity index (χ0v) is 12.7. The van der Waals surface area contributed by atoms with Crippen LogP contribution in [-0.4, -0.2) is 23.0 Å². The minimum atomic E-state index is -0.209. The van der Waals surface area contributed by atoms with E-state index in [9.17, 15) is 4.79 Å². The van der Waals surface area contributed by atoms with Gasteiger partial charge in [0.2, 0.25) is 5.88 Å². The van der Waals surface area contributed by atoms with Crippen molar-refractivity contribution in [2.24, 2.45) is 0 Å². The highest BCUT2D eigenvalue weighted by Crippen LogP contribution is 2.27. The third-order valence-electron chi connectivity index (χ3n) is 3.51. The summed E-state index contributed by atoms with van der Waals surface area (Å²) in [6.07, 6.45) is 6.20. The first-order valence-corrected chi connectivity index (χ1v) is 7.28. The predicted octanol–water partition coefficient (Wildman–Crippen LogP) is 3.53. The highest BCUT2D eigenvalue weighted by molar-refractivity contribution is 5.85. The van der Waals surface area contributed by atoms with Crippen molar-refractivity contribution in [3.63, 3.8) is 0 Å². The fourth-order valence-corrected chi connectivity index (χ4v) is 2.25. The van der Waals surface area contributed by atoms with E-state index in [-0.39, 0.29) is 5.97 Å². The Balaban J connectivity index is 1.74. The molecule has 0 spiro atoms. The molecule has 0 aliphatic carbocycles. The molecule has 0 fully saturated rings. The molecule has 2 heterocycles. The Morgan fingerprint density at radius 3 is 2.70 bits per heavy atom. The second-order valence-electron chi connectivity index (χ2n) is 5.04. The number of ether oxygens (including phenoxy) is 2. The van der Waals surface area contributed by atoms with Crippen molar-refractivity contribution in [3.8, 4) is 11.6 Å². The maximum absolute atomic E-state index is 11.2. The highest BCUT2D eigenvalue weighted by atomic mass is 16.5. The maximum Gasteiger partial charge on any atom is 0.305 e. The summed E-state index contributed by atoms with van der Waals surface area (Å²) >= 11 is 0. The van der Waals surface area contributed by atoms with Crippen LogP contribution in [-0.2, 0) is 16.0 Å². The van der Waals surface area contributed by atoms with E-state index < -0.39 is 0 Å². The normalized spacial score (nSPS) is 10.5. The van der Waals surface area contributed by atoms with Gasteiger partial charge >= 0.3 is 5.97 Å². The Labute approximate surface area is 133 Å². The molecular weight excluding hydrogens is 292 g/mol. The van der Waals surface area contributed by atoms with Gasteiger partial charge in [-0.25, -0.2) is 4.98 Å². The molecule has 0 atom stereocenters. The summed E-state index contributed by atoms with van der Waals surface area (Å²) in [4.78, 5) is 19.5. The lowest BCUT2D eigenvalue weighted by Crippen LogP contribution is -2.01. The van der Waals surface area contributed by atoms with Crippen molar-refractivity contribution < 1.29 is 14.3 Å². The van der Waals surface area contributed by atoms with Crippen LogP contribution < -0.4 is 4.74 Å². The van der Waals surface area contributed by atoms with Gasteiger partial charge in [0, 0.05) is 35.8 Å². The van der Waals surface area contributed by atoms with Crippen molar-refractivity contribution in [1.29, 1.82) is 0 Å². The van der Waals surface area contributed by atoms with Crippen molar-refractivity contribution in [1.82, 2.24) is 9.97 Å². The minimum Gasteiger partial charge on any atom is -0.469 e. The molecule has 0 radical (unpaired) electrons. The van der Waals surface area contributed by atoms with Gasteiger partial charge in [-0.15, -0.1) is 0 Å². The van der Waals surface area contributed by atoms with Crippen LogP contribution in [0.15, 0.2) is 55.0 Å². The lowest BCUT2D eigenvalue weighted by Gasteiger charge is -2.08. The van der Waals surface area contributed by atoms with Gasteiger partial charge in [0.05, 0.1) is 7.11 Å². The molecule has 0 bridgehead atoms. The average molecular weight is 308 g/mol. The highest BCUT2D eigenvalue weighted by Gasteiger charge is 2.06. The van der Waals surface area contributed by atoms with E-state index in [4.69, 9.17) is 4.74 Å². The third-order valence-corrected chi connectivity index (χ3v) is 3.51. The summed E-state index contributed by atoms with van der Waals surface area (Å²) in [6, 6.07) is 11.4. The largest absolute Gasteiger partial charge is 0.469 e. The Bertz CT molecular complexity index is 811. The molecule has 0 aliphatic heterocycles. The summed E-state index contributed by atoms with van der Waals surface area (Å²) in [6.45, 7) is 0. The van der Waals surface area contributed by atoms with Crippen LogP contribution in [0, 0.1) is 0 Å². The van der Waals surface area contributed by atoms with E-state index in [1.807, 2.05) is 36.4 Å². The lowest BCUT2D eigenvalue weighted by molar-refractivity contribution is -0.140. The van der Waals surface area contributed by atoms with Gasteiger partial charge in [0.15, 0.2) is 0 Å². The molecule has 0 N–H and O–H groups in total. The molecule has 116 valence electrons. The van der Waals surface area contributed by atoms with Gasteiger partial charge < -0.3 is 9.47 Å². The standard InChI is InChI=1S/C18H16N2O3/c1-22-17(21)7-4-13-2-5-15(6-3-13)23-18-16-9-10-19-12-14(16)8-11-20-18/h2-3,5-6,8-12H,4,7H2,1H3. The van der Waals surface area contributed by atoms with Gasteiger partial charge in [-0.3, -0.25) is 9.78 Å². The fraction of sp³-hybridized carbons (Fsp3) is 0.167. The van der Waals surface area contributed by atoms with Gasteiger partial charge in [0.25, 0.3) is 0 Å². The summed E-state index contributed by atoms with van der Waals surface area (Å²) in [5.74, 6) is 1.04. The quantitative estimate of drug-likeness (QED) is 0.675. The van der Waals surface area contributed by atoms with Gasteiger partial charge in [0.1, 0.15) is 5.75 Å². The number of aromatic nitrogens is 2. The summed E-state index contributed by atoms with van der Waals surface area (Å²) in [5.41, 5.74) is 1.05. The van der Waals surface area contributed by atoms with Crippen molar-refractivity contribution >= 4 is 16.7 Å². The number of carbonyl (C=O) groups is 1. The van der Waals surface area contributed by atoms with Crippen LogP contribution in [0.25, 0.3) is 10.8 Å². The van der Waals surface area contributed by atoms with Crippen LogP contribution >= 0.6 is 0 Å². The predicted molar refractivity (Wildman–Crippen MR) is 86.4 cm³/mol. The first kappa shape index (κ1) is 15.0. The Hall–Kier alpha value is -2.95. The van der Waals surface area contributed by atoms with E-state index in [2.05, 4.69) is 14.7 Å². The number of rotatable bonds is 5. The topological polar surface area (TPSA) is 61.3 Å². The maximum atomic E-state index is 11.2. The summed E-state index contributed by atoms with van der Waals surface area (Å²) in [7, 11) is 1.39. The average Bonchev–Trinajstić information content (AvgIpc) is 2.61. The molecule has 3 aromatic rings. The monoisotopic (exact) mass is 308 g/mol. The smallest absolute Gasteiger partial charge is 0.305 e. The summed E-state index contributed by atoms with van der Waals surface area (Å²) < 4.78 is 10.5. The molecule has 3 rings (SSSR count). The molecule has 1 aromatic carbocycles. The van der Waals surface area contributed by atoms with Crippen molar-refractivity contribution in [3.05, 3.63) is 60.6 Å². The molecule has 5 nitrogen and oxygen atoms in total. The molecule has 0 aliphatic rings. The van der Waals surface area contributed by atoms with Crippen LogP contribution in [0.3, 0.4) is 0 Å². The van der Waals surface area contributed by atoms with Crippen LogP contribution in [0.2, 0.25) is 0 Å². The molecule has 0 saturated carbocycles. The number of nitrogens with zero attached hydrogens (tertiary/aromatic N) is 2. The number of fused-ring (bicyclic) bond motifs is 1. The van der Waals surface area contributed by atoms with Crippen LogP contribution in [0.1, 0.15) is 12.0 Å². The number of benzene rings is 1. The van der Waals surface area contributed by atoms with Crippen LogP contribution in [0.5, 0.6) is 11.6 Å². The van der Waals surface area contributed by atoms with E-state index in [1.54, 1.807) is 18.6 Å². The molecule has 0 saturated heterocycles. The third kappa shape index (κ3) is 3.63. The molecule has 0 unspecified atom stereocenters.